The molecule has 1 atom stereocenters. The summed E-state index contributed by atoms with van der Waals surface area (Å²) in [4.78, 5) is 36.2. The number of carbonyl (C=O) groups excluding carboxylic acids is 1. The Balaban J connectivity index is 1.79. The molecule has 3 heterocycles. The zero-order chi connectivity index (χ0) is 18.4. The van der Waals surface area contributed by atoms with E-state index in [-0.39, 0.29) is 29.3 Å². The van der Waals surface area contributed by atoms with Crippen LogP contribution in [0.1, 0.15) is 52.1 Å². The van der Waals surface area contributed by atoms with Gasteiger partial charge in [-0.05, 0) is 24.0 Å². The molecule has 7 heteroatoms. The third kappa shape index (κ3) is 2.39. The fourth-order valence-corrected chi connectivity index (χ4v) is 3.95. The van der Waals surface area contributed by atoms with Crippen LogP contribution >= 0.6 is 0 Å². The Labute approximate surface area is 150 Å². The number of carbonyl (C=O) groups is 2. The molecule has 0 bridgehead atoms. The molecule has 0 spiro atoms. The molecule has 1 aliphatic rings. The van der Waals surface area contributed by atoms with E-state index in [9.17, 15) is 14.7 Å². The van der Waals surface area contributed by atoms with Gasteiger partial charge in [-0.2, -0.15) is 0 Å². The predicted molar refractivity (Wildman–Crippen MR) is 96.2 cm³/mol. The number of rotatable bonds is 3. The fraction of sp³-hybridized carbons (Fsp3) is 0.316. The lowest BCUT2D eigenvalue weighted by molar-refractivity contribution is 0.0576. The number of hydrogen-bond donors (Lipinski definition) is 3. The van der Waals surface area contributed by atoms with Gasteiger partial charge in [-0.15, -0.1) is 0 Å². The second kappa shape index (κ2) is 6.01. The highest BCUT2D eigenvalue weighted by atomic mass is 16.4. The van der Waals surface area contributed by atoms with Crippen molar-refractivity contribution in [3.63, 3.8) is 0 Å². The molecule has 0 saturated heterocycles. The molecular weight excluding hydrogens is 332 g/mol. The molecule has 134 valence electrons. The van der Waals surface area contributed by atoms with Crippen molar-refractivity contribution >= 4 is 22.8 Å². The lowest BCUT2D eigenvalue weighted by Gasteiger charge is -2.38. The fourth-order valence-electron chi connectivity index (χ4n) is 3.95. The van der Waals surface area contributed by atoms with Crippen LogP contribution in [0, 0.1) is 5.92 Å². The molecule has 0 fully saturated rings. The Bertz CT molecular complexity index is 1000. The first-order chi connectivity index (χ1) is 12.5. The average molecular weight is 352 g/mol. The maximum Gasteiger partial charge on any atom is 0.354 e. The maximum absolute atomic E-state index is 13.1. The number of fused-ring (bicyclic) bond motifs is 3. The number of benzene rings is 1. The number of aromatic amines is 2. The molecule has 1 amide bonds. The summed E-state index contributed by atoms with van der Waals surface area (Å²) in [5.41, 5.74) is 3.13. The van der Waals surface area contributed by atoms with Crippen LogP contribution in [-0.4, -0.2) is 43.4 Å². The van der Waals surface area contributed by atoms with Gasteiger partial charge in [-0.1, -0.05) is 32.0 Å². The summed E-state index contributed by atoms with van der Waals surface area (Å²) in [6.45, 7) is 4.66. The Morgan fingerprint density at radius 3 is 2.81 bits per heavy atom. The van der Waals surface area contributed by atoms with Crippen molar-refractivity contribution in [2.24, 2.45) is 5.92 Å². The van der Waals surface area contributed by atoms with Crippen molar-refractivity contribution < 1.29 is 14.7 Å². The SMILES string of the molecule is CC(C)[C@H]1c2[nH]c3ccccc3c2CCN1C(=O)c1nc[nH]c1C(=O)O. The number of nitrogens with one attached hydrogen (secondary N) is 2. The second-order valence-electron chi connectivity index (χ2n) is 6.93. The molecule has 26 heavy (non-hydrogen) atoms. The van der Waals surface area contributed by atoms with E-state index in [1.54, 1.807) is 4.90 Å². The van der Waals surface area contributed by atoms with Crippen LogP contribution in [0.2, 0.25) is 0 Å². The van der Waals surface area contributed by atoms with E-state index in [1.165, 1.54) is 17.3 Å². The number of hydrogen-bond acceptors (Lipinski definition) is 3. The zero-order valence-corrected chi connectivity index (χ0v) is 14.6. The zero-order valence-electron chi connectivity index (χ0n) is 14.6. The van der Waals surface area contributed by atoms with Crippen molar-refractivity contribution in [3.05, 3.63) is 53.2 Å². The van der Waals surface area contributed by atoms with Crippen molar-refractivity contribution in [3.8, 4) is 0 Å². The minimum atomic E-state index is -1.18. The topological polar surface area (TPSA) is 102 Å². The summed E-state index contributed by atoms with van der Waals surface area (Å²) in [5.74, 6) is -1.37. The molecule has 3 N–H and O–H groups in total. The van der Waals surface area contributed by atoms with Crippen LogP contribution in [0.15, 0.2) is 30.6 Å². The summed E-state index contributed by atoms with van der Waals surface area (Å²) in [6, 6.07) is 7.97. The van der Waals surface area contributed by atoms with Gasteiger partial charge in [-0.25, -0.2) is 9.78 Å². The first-order valence-electron chi connectivity index (χ1n) is 8.66. The largest absolute Gasteiger partial charge is 0.477 e. The molecule has 1 aromatic carbocycles. The third-order valence-electron chi connectivity index (χ3n) is 5.03. The van der Waals surface area contributed by atoms with Gasteiger partial charge in [0.05, 0.1) is 12.4 Å². The van der Waals surface area contributed by atoms with Gasteiger partial charge < -0.3 is 20.0 Å². The van der Waals surface area contributed by atoms with Crippen LogP contribution in [0.4, 0.5) is 0 Å². The Hall–Kier alpha value is -3.09. The van der Waals surface area contributed by atoms with Gasteiger partial charge in [-0.3, -0.25) is 4.79 Å². The van der Waals surface area contributed by atoms with Crippen LogP contribution in [-0.2, 0) is 6.42 Å². The highest BCUT2D eigenvalue weighted by molar-refractivity contribution is 6.02. The first kappa shape index (κ1) is 16.4. The van der Waals surface area contributed by atoms with Gasteiger partial charge in [0.2, 0.25) is 0 Å². The number of nitrogens with zero attached hydrogens (tertiary/aromatic N) is 2. The van der Waals surface area contributed by atoms with Crippen LogP contribution in [0.5, 0.6) is 0 Å². The number of carboxylic acids is 1. The van der Waals surface area contributed by atoms with Crippen molar-refractivity contribution in [2.75, 3.05) is 6.54 Å². The normalized spacial score (nSPS) is 16.9. The van der Waals surface area contributed by atoms with E-state index in [0.717, 1.165) is 17.6 Å². The molecule has 0 aliphatic carbocycles. The van der Waals surface area contributed by atoms with Gasteiger partial charge >= 0.3 is 5.97 Å². The molecule has 0 unspecified atom stereocenters. The highest BCUT2D eigenvalue weighted by Crippen LogP contribution is 2.39. The first-order valence-corrected chi connectivity index (χ1v) is 8.66. The quantitative estimate of drug-likeness (QED) is 0.674. The third-order valence-corrected chi connectivity index (χ3v) is 5.03. The Morgan fingerprint density at radius 2 is 2.08 bits per heavy atom. The van der Waals surface area contributed by atoms with E-state index in [1.807, 2.05) is 18.2 Å². The highest BCUT2D eigenvalue weighted by Gasteiger charge is 2.37. The smallest absolute Gasteiger partial charge is 0.354 e. The summed E-state index contributed by atoms with van der Waals surface area (Å²) in [5, 5.41) is 10.5. The van der Waals surface area contributed by atoms with Crippen LogP contribution in [0.3, 0.4) is 0 Å². The maximum atomic E-state index is 13.1. The van der Waals surface area contributed by atoms with E-state index in [0.29, 0.717) is 6.54 Å². The average Bonchev–Trinajstić information content (AvgIpc) is 3.24. The summed E-state index contributed by atoms with van der Waals surface area (Å²) >= 11 is 0. The molecule has 0 saturated carbocycles. The molecule has 4 rings (SSSR count). The standard InChI is InChI=1S/C19H20N4O3/c1-10(2)17-14-12(11-5-3-4-6-13(11)22-14)7-8-23(17)18(24)15-16(19(25)26)21-9-20-15/h3-6,9-10,17,22H,7-8H2,1-2H3,(H,20,21)(H,25,26)/t17-/m0/s1. The number of aromatic carboxylic acids is 1. The van der Waals surface area contributed by atoms with Crippen molar-refractivity contribution in [1.82, 2.24) is 19.9 Å². The lowest BCUT2D eigenvalue weighted by Crippen LogP contribution is -2.42. The van der Waals surface area contributed by atoms with E-state index >= 15 is 0 Å². The Kier molecular flexibility index (Phi) is 3.79. The Morgan fingerprint density at radius 1 is 1.31 bits per heavy atom. The number of carboxylic acid groups (broad SMARTS) is 1. The van der Waals surface area contributed by atoms with Crippen LogP contribution in [0.25, 0.3) is 10.9 Å². The van der Waals surface area contributed by atoms with Gasteiger partial charge in [0.1, 0.15) is 0 Å². The van der Waals surface area contributed by atoms with Gasteiger partial charge in [0, 0.05) is 23.1 Å². The number of imidazole rings is 1. The van der Waals surface area contributed by atoms with Gasteiger partial charge in [0.15, 0.2) is 11.4 Å². The predicted octanol–water partition coefficient (Wildman–Crippen LogP) is 2.98. The van der Waals surface area contributed by atoms with Crippen molar-refractivity contribution in [1.29, 1.82) is 0 Å². The molecule has 0 radical (unpaired) electrons. The number of para-hydroxylation sites is 1. The van der Waals surface area contributed by atoms with E-state index < -0.39 is 5.97 Å². The number of aromatic nitrogens is 3. The second-order valence-corrected chi connectivity index (χ2v) is 6.93. The minimum absolute atomic E-state index is 0.0392. The molecule has 7 nitrogen and oxygen atoms in total. The van der Waals surface area contributed by atoms with Crippen LogP contribution < -0.4 is 0 Å². The molecule has 1 aliphatic heterocycles. The summed E-state index contributed by atoms with van der Waals surface area (Å²) in [6.07, 6.45) is 1.97. The van der Waals surface area contributed by atoms with E-state index in [2.05, 4.69) is 34.9 Å². The minimum Gasteiger partial charge on any atom is -0.477 e. The monoisotopic (exact) mass is 352 g/mol. The molecule has 3 aromatic rings. The summed E-state index contributed by atoms with van der Waals surface area (Å²) < 4.78 is 0. The number of H-pyrrole nitrogens is 2. The molecule has 2 aromatic heterocycles. The summed E-state index contributed by atoms with van der Waals surface area (Å²) in [7, 11) is 0. The molecular formula is C19H20N4O3. The van der Waals surface area contributed by atoms with Crippen molar-refractivity contribution in [2.45, 2.75) is 26.3 Å². The van der Waals surface area contributed by atoms with Gasteiger partial charge in [0.25, 0.3) is 5.91 Å². The lowest BCUT2D eigenvalue weighted by atomic mass is 9.90. The number of amides is 1. The van der Waals surface area contributed by atoms with E-state index in [4.69, 9.17) is 0 Å².